The lowest BCUT2D eigenvalue weighted by atomic mass is 10.2. The Morgan fingerprint density at radius 3 is 2.46 bits per heavy atom. The molecule has 0 N–H and O–H groups in total. The van der Waals surface area contributed by atoms with Crippen LogP contribution in [-0.4, -0.2) is 25.0 Å². The number of hydrogen-bond donors (Lipinski definition) is 0. The van der Waals surface area contributed by atoms with E-state index in [0.717, 1.165) is 0 Å². The maximum Gasteiger partial charge on any atom is 0.406 e. The van der Waals surface area contributed by atoms with Gasteiger partial charge in [0.25, 0.3) is 11.6 Å². The predicted octanol–water partition coefficient (Wildman–Crippen LogP) is 3.09. The third-order valence-corrected chi connectivity index (χ3v) is 3.34. The summed E-state index contributed by atoms with van der Waals surface area (Å²) >= 11 is 0. The molecule has 0 bridgehead atoms. The maximum atomic E-state index is 11.0. The molecule has 0 aliphatic carbocycles. The van der Waals surface area contributed by atoms with Crippen LogP contribution in [0.5, 0.6) is 5.75 Å². The molecule has 2 aromatic heterocycles. The minimum atomic E-state index is -0.766. The molecule has 0 radical (unpaired) electrons. The Morgan fingerprint density at radius 1 is 1.08 bits per heavy atom. The van der Waals surface area contributed by atoms with Crippen LogP contribution in [0.4, 0.5) is 11.5 Å². The molecule has 1 aromatic carbocycles. The summed E-state index contributed by atoms with van der Waals surface area (Å²) in [5.41, 5.74) is 0.433. The molecule has 0 fully saturated rings. The summed E-state index contributed by atoms with van der Waals surface area (Å²) in [6, 6.07) is 8.51. The molecule has 11 heteroatoms. The van der Waals surface area contributed by atoms with Crippen LogP contribution in [0.15, 0.2) is 47.0 Å². The molecule has 26 heavy (non-hydrogen) atoms. The zero-order chi connectivity index (χ0) is 18.7. The maximum absolute atomic E-state index is 11.0. The van der Waals surface area contributed by atoms with E-state index in [-0.39, 0.29) is 23.2 Å². The summed E-state index contributed by atoms with van der Waals surface area (Å²) in [7, 11) is 0. The first kappa shape index (κ1) is 17.0. The third kappa shape index (κ3) is 3.45. The fourth-order valence-corrected chi connectivity index (χ4v) is 2.09. The van der Waals surface area contributed by atoms with Crippen LogP contribution in [0.1, 0.15) is 18.9 Å². The second-order valence-corrected chi connectivity index (χ2v) is 5.09. The molecular formula is C15H11N5O6. The van der Waals surface area contributed by atoms with Gasteiger partial charge in [-0.2, -0.15) is 0 Å². The first-order valence-electron chi connectivity index (χ1n) is 7.30. The molecule has 1 atom stereocenters. The van der Waals surface area contributed by atoms with Gasteiger partial charge in [0.05, 0.1) is 4.92 Å². The number of nitro groups is 2. The quantitative estimate of drug-likeness (QED) is 0.479. The number of benzene rings is 1. The Labute approximate surface area is 145 Å². The van der Waals surface area contributed by atoms with Crippen LogP contribution < -0.4 is 4.74 Å². The van der Waals surface area contributed by atoms with Gasteiger partial charge in [0.2, 0.25) is 11.6 Å². The monoisotopic (exact) mass is 357 g/mol. The van der Waals surface area contributed by atoms with Gasteiger partial charge in [-0.15, -0.1) is 10.2 Å². The van der Waals surface area contributed by atoms with E-state index in [1.54, 1.807) is 6.92 Å². The van der Waals surface area contributed by atoms with Gasteiger partial charge in [-0.3, -0.25) is 10.1 Å². The largest absolute Gasteiger partial charge is 0.473 e. The highest BCUT2D eigenvalue weighted by molar-refractivity contribution is 5.55. The standard InChI is InChI=1S/C15H11N5O6/c1-9(25-12-3-2-8-16-13(12)20(23)24)14-17-18-15(26-14)10-4-6-11(7-5-10)19(21)22/h2-9H,1H3. The predicted molar refractivity (Wildman–Crippen MR) is 86.3 cm³/mol. The SMILES string of the molecule is CC(Oc1cccnc1[N+](=O)[O-])c1nnc(-c2ccc([N+](=O)[O-])cc2)o1. The lowest BCUT2D eigenvalue weighted by Crippen LogP contribution is -2.06. The first-order valence-corrected chi connectivity index (χ1v) is 7.30. The van der Waals surface area contributed by atoms with Crippen LogP contribution in [-0.2, 0) is 0 Å². The van der Waals surface area contributed by atoms with Crippen molar-refractivity contribution in [2.45, 2.75) is 13.0 Å². The number of nitro benzene ring substituents is 1. The van der Waals surface area contributed by atoms with E-state index in [1.165, 1.54) is 42.6 Å². The van der Waals surface area contributed by atoms with Gasteiger partial charge in [0.1, 0.15) is 6.20 Å². The topological polar surface area (TPSA) is 147 Å². The Morgan fingerprint density at radius 2 is 1.81 bits per heavy atom. The van der Waals surface area contributed by atoms with E-state index in [0.29, 0.717) is 5.56 Å². The van der Waals surface area contributed by atoms with Crippen LogP contribution in [0.3, 0.4) is 0 Å². The lowest BCUT2D eigenvalue weighted by molar-refractivity contribution is -0.390. The third-order valence-electron chi connectivity index (χ3n) is 3.34. The number of aromatic nitrogens is 3. The van der Waals surface area contributed by atoms with Crippen LogP contribution in [0, 0.1) is 20.2 Å². The van der Waals surface area contributed by atoms with Gasteiger partial charge >= 0.3 is 5.82 Å². The van der Waals surface area contributed by atoms with Crippen molar-refractivity contribution < 1.29 is 19.0 Å². The van der Waals surface area contributed by atoms with E-state index < -0.39 is 21.8 Å². The van der Waals surface area contributed by atoms with Crippen LogP contribution >= 0.6 is 0 Å². The Hall–Kier alpha value is -3.89. The lowest BCUT2D eigenvalue weighted by Gasteiger charge is -2.10. The van der Waals surface area contributed by atoms with E-state index in [1.807, 2.05) is 0 Å². The molecule has 0 saturated carbocycles. The molecule has 2 heterocycles. The summed E-state index contributed by atoms with van der Waals surface area (Å²) in [5.74, 6) is -0.211. The van der Waals surface area contributed by atoms with Crippen molar-refractivity contribution in [3.05, 3.63) is 68.7 Å². The number of ether oxygens (including phenoxy) is 1. The first-order chi connectivity index (χ1) is 12.5. The molecule has 11 nitrogen and oxygen atoms in total. The van der Waals surface area contributed by atoms with Crippen molar-refractivity contribution in [2.24, 2.45) is 0 Å². The van der Waals surface area contributed by atoms with Crippen molar-refractivity contribution in [1.82, 2.24) is 15.2 Å². The minimum Gasteiger partial charge on any atom is -0.473 e. The zero-order valence-corrected chi connectivity index (χ0v) is 13.3. The number of rotatable bonds is 6. The molecule has 0 aliphatic heterocycles. The van der Waals surface area contributed by atoms with Crippen LogP contribution in [0.25, 0.3) is 11.5 Å². The molecule has 3 rings (SSSR count). The van der Waals surface area contributed by atoms with Crippen molar-refractivity contribution in [3.63, 3.8) is 0 Å². The molecule has 0 aliphatic rings. The van der Waals surface area contributed by atoms with Gasteiger partial charge in [-0.05, 0) is 41.1 Å². The van der Waals surface area contributed by atoms with E-state index in [2.05, 4.69) is 15.2 Å². The van der Waals surface area contributed by atoms with Crippen molar-refractivity contribution in [2.75, 3.05) is 0 Å². The van der Waals surface area contributed by atoms with E-state index in [9.17, 15) is 20.2 Å². The molecular weight excluding hydrogens is 346 g/mol. The highest BCUT2D eigenvalue weighted by atomic mass is 16.6. The summed E-state index contributed by atoms with van der Waals surface area (Å²) in [6.45, 7) is 1.59. The number of hydrogen-bond acceptors (Lipinski definition) is 9. The Balaban J connectivity index is 1.79. The number of nitrogens with zero attached hydrogens (tertiary/aromatic N) is 5. The van der Waals surface area contributed by atoms with E-state index >= 15 is 0 Å². The Bertz CT molecular complexity index is 955. The molecule has 0 spiro atoms. The van der Waals surface area contributed by atoms with E-state index in [4.69, 9.17) is 9.15 Å². The fourth-order valence-electron chi connectivity index (χ4n) is 2.09. The minimum absolute atomic E-state index is 0.0277. The molecule has 0 saturated heterocycles. The summed E-state index contributed by atoms with van der Waals surface area (Å²) in [6.07, 6.45) is 0.520. The van der Waals surface area contributed by atoms with Gasteiger partial charge in [0.15, 0.2) is 6.10 Å². The highest BCUT2D eigenvalue weighted by Gasteiger charge is 2.22. The van der Waals surface area contributed by atoms with Crippen molar-refractivity contribution in [3.8, 4) is 17.2 Å². The average molecular weight is 357 g/mol. The van der Waals surface area contributed by atoms with Crippen molar-refractivity contribution in [1.29, 1.82) is 0 Å². The number of pyridine rings is 1. The van der Waals surface area contributed by atoms with Gasteiger partial charge < -0.3 is 19.3 Å². The number of non-ortho nitro benzene ring substituents is 1. The van der Waals surface area contributed by atoms with Gasteiger partial charge in [0, 0.05) is 17.7 Å². The molecule has 0 amide bonds. The fraction of sp³-hybridized carbons (Fsp3) is 0.133. The smallest absolute Gasteiger partial charge is 0.406 e. The average Bonchev–Trinajstić information content (AvgIpc) is 3.12. The summed E-state index contributed by atoms with van der Waals surface area (Å²) in [4.78, 5) is 24.1. The van der Waals surface area contributed by atoms with Crippen LogP contribution in [0.2, 0.25) is 0 Å². The Kier molecular flexibility index (Phi) is 4.51. The highest BCUT2D eigenvalue weighted by Crippen LogP contribution is 2.29. The van der Waals surface area contributed by atoms with Crippen molar-refractivity contribution >= 4 is 11.5 Å². The second kappa shape index (κ2) is 6.93. The van der Waals surface area contributed by atoms with Gasteiger partial charge in [-0.25, -0.2) is 0 Å². The molecule has 1 unspecified atom stereocenters. The second-order valence-electron chi connectivity index (χ2n) is 5.09. The normalized spacial score (nSPS) is 11.7. The van der Waals surface area contributed by atoms with Gasteiger partial charge in [-0.1, -0.05) is 0 Å². The summed E-state index contributed by atoms with van der Waals surface area (Å²) < 4.78 is 11.0. The zero-order valence-electron chi connectivity index (χ0n) is 13.3. The molecule has 3 aromatic rings. The summed E-state index contributed by atoms with van der Waals surface area (Å²) in [5, 5.41) is 29.4. The molecule has 132 valence electrons.